The van der Waals surface area contributed by atoms with Crippen molar-refractivity contribution in [2.75, 3.05) is 25.6 Å². The van der Waals surface area contributed by atoms with Crippen molar-refractivity contribution in [2.45, 2.75) is 44.6 Å². The van der Waals surface area contributed by atoms with Gasteiger partial charge in [-0.3, -0.25) is 4.68 Å². The van der Waals surface area contributed by atoms with Gasteiger partial charge in [-0.25, -0.2) is 4.98 Å². The molecule has 2 N–H and O–H groups in total. The predicted octanol–water partition coefficient (Wildman–Crippen LogP) is 2.61. The Morgan fingerprint density at radius 2 is 2.25 bits per heavy atom. The SMILES string of the molecule is CCCCOc1nccc2c1c(N)nn2C1(CC#N)CCOCC1. The Bertz CT molecular complexity index is 743. The summed E-state index contributed by atoms with van der Waals surface area (Å²) in [6.45, 7) is 3.95. The van der Waals surface area contributed by atoms with Crippen molar-refractivity contribution in [1.29, 1.82) is 5.26 Å². The highest BCUT2D eigenvalue weighted by Gasteiger charge is 2.37. The molecule has 0 aliphatic carbocycles. The molecule has 1 saturated heterocycles. The van der Waals surface area contributed by atoms with Crippen molar-refractivity contribution in [3.63, 3.8) is 0 Å². The highest BCUT2D eigenvalue weighted by atomic mass is 16.5. The fraction of sp³-hybridized carbons (Fsp3) is 0.588. The third-order valence-electron chi connectivity index (χ3n) is 4.60. The van der Waals surface area contributed by atoms with Crippen molar-refractivity contribution < 1.29 is 9.47 Å². The number of ether oxygens (including phenoxy) is 2. The van der Waals surface area contributed by atoms with Gasteiger partial charge in [-0.15, -0.1) is 0 Å². The monoisotopic (exact) mass is 329 g/mol. The van der Waals surface area contributed by atoms with E-state index < -0.39 is 0 Å². The lowest BCUT2D eigenvalue weighted by atomic mass is 9.87. The van der Waals surface area contributed by atoms with Gasteiger partial charge in [-0.1, -0.05) is 13.3 Å². The summed E-state index contributed by atoms with van der Waals surface area (Å²) < 4.78 is 13.2. The molecular formula is C17H23N5O2. The van der Waals surface area contributed by atoms with Gasteiger partial charge in [0.1, 0.15) is 5.39 Å². The van der Waals surface area contributed by atoms with Gasteiger partial charge in [0.2, 0.25) is 5.88 Å². The number of nitriles is 1. The van der Waals surface area contributed by atoms with Gasteiger partial charge in [0.25, 0.3) is 0 Å². The first-order valence-corrected chi connectivity index (χ1v) is 8.43. The molecule has 128 valence electrons. The third kappa shape index (κ3) is 2.89. The van der Waals surface area contributed by atoms with E-state index in [1.165, 1.54) is 0 Å². The lowest BCUT2D eigenvalue weighted by Crippen LogP contribution is -2.40. The van der Waals surface area contributed by atoms with Crippen molar-refractivity contribution in [3.05, 3.63) is 12.3 Å². The molecule has 1 aliphatic heterocycles. The minimum atomic E-state index is -0.384. The number of nitrogens with zero attached hydrogens (tertiary/aromatic N) is 4. The summed E-state index contributed by atoms with van der Waals surface area (Å²) in [5.74, 6) is 0.914. The van der Waals surface area contributed by atoms with E-state index in [0.717, 1.165) is 36.6 Å². The minimum absolute atomic E-state index is 0.376. The number of pyridine rings is 1. The van der Waals surface area contributed by atoms with E-state index >= 15 is 0 Å². The summed E-state index contributed by atoms with van der Waals surface area (Å²) in [7, 11) is 0. The predicted molar refractivity (Wildman–Crippen MR) is 90.6 cm³/mol. The molecule has 0 spiro atoms. The van der Waals surface area contributed by atoms with Crippen molar-refractivity contribution in [2.24, 2.45) is 0 Å². The van der Waals surface area contributed by atoms with Gasteiger partial charge in [-0.05, 0) is 25.3 Å². The molecule has 0 unspecified atom stereocenters. The second-order valence-electron chi connectivity index (χ2n) is 6.18. The molecule has 3 rings (SSSR count). The number of fused-ring (bicyclic) bond motifs is 1. The van der Waals surface area contributed by atoms with E-state index in [1.54, 1.807) is 6.20 Å². The zero-order valence-corrected chi connectivity index (χ0v) is 14.0. The first-order valence-electron chi connectivity index (χ1n) is 8.43. The number of hydrogen-bond acceptors (Lipinski definition) is 6. The summed E-state index contributed by atoms with van der Waals surface area (Å²) in [5, 5.41) is 14.6. The van der Waals surface area contributed by atoms with Crippen LogP contribution in [0.2, 0.25) is 0 Å². The Hall–Kier alpha value is -2.33. The average Bonchev–Trinajstić information content (AvgIpc) is 2.95. The van der Waals surface area contributed by atoms with Crippen LogP contribution in [0.5, 0.6) is 5.88 Å². The van der Waals surface area contributed by atoms with Crippen LogP contribution < -0.4 is 10.5 Å². The molecule has 24 heavy (non-hydrogen) atoms. The molecule has 0 saturated carbocycles. The van der Waals surface area contributed by atoms with Gasteiger partial charge >= 0.3 is 0 Å². The second-order valence-corrected chi connectivity index (χ2v) is 6.18. The smallest absolute Gasteiger partial charge is 0.226 e. The molecule has 7 nitrogen and oxygen atoms in total. The zero-order chi connectivity index (χ0) is 17.0. The Morgan fingerprint density at radius 3 is 2.96 bits per heavy atom. The van der Waals surface area contributed by atoms with E-state index in [1.807, 2.05) is 10.7 Å². The summed E-state index contributed by atoms with van der Waals surface area (Å²) in [4.78, 5) is 4.32. The molecular weight excluding hydrogens is 306 g/mol. The van der Waals surface area contributed by atoms with Crippen molar-refractivity contribution in [3.8, 4) is 11.9 Å². The molecule has 1 aliphatic rings. The van der Waals surface area contributed by atoms with Crippen LogP contribution in [0.3, 0.4) is 0 Å². The Balaban J connectivity index is 2.06. The summed E-state index contributed by atoms with van der Waals surface area (Å²) >= 11 is 0. The Kier molecular flexibility index (Phi) is 4.86. The number of rotatable bonds is 6. The van der Waals surface area contributed by atoms with E-state index in [0.29, 0.717) is 37.9 Å². The largest absolute Gasteiger partial charge is 0.477 e. The second kappa shape index (κ2) is 7.05. The molecule has 0 bridgehead atoms. The summed E-state index contributed by atoms with van der Waals surface area (Å²) in [6.07, 6.45) is 5.58. The molecule has 0 radical (unpaired) electrons. The number of unbranched alkanes of at least 4 members (excludes halogenated alkanes) is 1. The molecule has 1 fully saturated rings. The lowest BCUT2D eigenvalue weighted by Gasteiger charge is -2.36. The van der Waals surface area contributed by atoms with Crippen LogP contribution in [-0.2, 0) is 10.3 Å². The number of nitrogen functional groups attached to an aromatic ring is 1. The maximum Gasteiger partial charge on any atom is 0.226 e. The fourth-order valence-corrected chi connectivity index (χ4v) is 3.21. The first-order chi connectivity index (χ1) is 11.7. The van der Waals surface area contributed by atoms with Gasteiger partial charge < -0.3 is 15.2 Å². The summed E-state index contributed by atoms with van der Waals surface area (Å²) in [5.41, 5.74) is 6.66. The lowest BCUT2D eigenvalue weighted by molar-refractivity contribution is 0.0194. The van der Waals surface area contributed by atoms with Crippen molar-refractivity contribution >= 4 is 16.7 Å². The quantitative estimate of drug-likeness (QED) is 0.818. The zero-order valence-electron chi connectivity index (χ0n) is 14.0. The molecule has 2 aromatic heterocycles. The van der Waals surface area contributed by atoms with Crippen LogP contribution in [0.1, 0.15) is 39.0 Å². The average molecular weight is 329 g/mol. The molecule has 0 atom stereocenters. The fourth-order valence-electron chi connectivity index (χ4n) is 3.21. The molecule has 3 heterocycles. The van der Waals surface area contributed by atoms with Crippen molar-refractivity contribution in [1.82, 2.24) is 14.8 Å². The Morgan fingerprint density at radius 1 is 1.46 bits per heavy atom. The van der Waals surface area contributed by atoms with E-state index in [2.05, 4.69) is 23.1 Å². The van der Waals surface area contributed by atoms with Crippen LogP contribution >= 0.6 is 0 Å². The van der Waals surface area contributed by atoms with Crippen LogP contribution in [0.15, 0.2) is 12.3 Å². The number of aromatic nitrogens is 3. The topological polar surface area (TPSA) is 99.0 Å². The van der Waals surface area contributed by atoms with E-state index in [4.69, 9.17) is 15.2 Å². The normalized spacial score (nSPS) is 16.8. The number of anilines is 1. The van der Waals surface area contributed by atoms with Gasteiger partial charge in [0.15, 0.2) is 5.82 Å². The van der Waals surface area contributed by atoms with Gasteiger partial charge in [-0.2, -0.15) is 10.4 Å². The first kappa shape index (κ1) is 16.5. The maximum absolute atomic E-state index is 9.32. The van der Waals surface area contributed by atoms with Crippen LogP contribution in [0, 0.1) is 11.3 Å². The van der Waals surface area contributed by atoms with E-state index in [-0.39, 0.29) is 5.54 Å². The highest BCUT2D eigenvalue weighted by Crippen LogP contribution is 2.38. The molecule has 7 heteroatoms. The molecule has 0 aromatic carbocycles. The number of nitrogens with two attached hydrogens (primary N) is 1. The third-order valence-corrected chi connectivity index (χ3v) is 4.60. The highest BCUT2D eigenvalue weighted by molar-refractivity contribution is 5.93. The standard InChI is InChI=1S/C17H23N5O2/c1-2-3-10-24-16-14-13(4-9-20-16)22(21-15(14)19)17(5-8-18)6-11-23-12-7-17/h4,9H,2-3,5-7,10-12H2,1H3,(H2,19,21). The molecule has 0 amide bonds. The van der Waals surface area contributed by atoms with Gasteiger partial charge in [0, 0.05) is 19.4 Å². The maximum atomic E-state index is 9.32. The van der Waals surface area contributed by atoms with Crippen LogP contribution in [-0.4, -0.2) is 34.6 Å². The Labute approximate surface area is 141 Å². The number of hydrogen-bond donors (Lipinski definition) is 1. The van der Waals surface area contributed by atoms with Crippen LogP contribution in [0.4, 0.5) is 5.82 Å². The van der Waals surface area contributed by atoms with Crippen LogP contribution in [0.25, 0.3) is 10.9 Å². The van der Waals surface area contributed by atoms with E-state index in [9.17, 15) is 5.26 Å². The van der Waals surface area contributed by atoms with Gasteiger partial charge in [0.05, 0.1) is 30.2 Å². The summed E-state index contributed by atoms with van der Waals surface area (Å²) in [6, 6.07) is 4.19. The minimum Gasteiger partial charge on any atom is -0.477 e. The molecule has 2 aromatic rings.